The number of ether oxygens (including phenoxy) is 1. The maximum atomic E-state index is 9.85. The van der Waals surface area contributed by atoms with Crippen molar-refractivity contribution in [2.24, 2.45) is 5.73 Å². The first-order valence-corrected chi connectivity index (χ1v) is 5.48. The van der Waals surface area contributed by atoms with Crippen molar-refractivity contribution in [3.8, 4) is 23.3 Å². The van der Waals surface area contributed by atoms with E-state index in [-0.39, 0.29) is 23.7 Å². The smallest absolute Gasteiger partial charge is 0.161 e. The van der Waals surface area contributed by atoms with Gasteiger partial charge in [0.2, 0.25) is 0 Å². The van der Waals surface area contributed by atoms with Crippen molar-refractivity contribution in [3.63, 3.8) is 0 Å². The molecule has 2 rings (SSSR count). The summed E-state index contributed by atoms with van der Waals surface area (Å²) in [5.74, 6) is 5.49. The van der Waals surface area contributed by atoms with Crippen LogP contribution >= 0.6 is 0 Å². The lowest BCUT2D eigenvalue weighted by atomic mass is 9.93. The summed E-state index contributed by atoms with van der Waals surface area (Å²) in [5.41, 5.74) is 7.16. The highest BCUT2D eigenvalue weighted by atomic mass is 16.5. The summed E-state index contributed by atoms with van der Waals surface area (Å²) in [6, 6.07) is 3.18. The summed E-state index contributed by atoms with van der Waals surface area (Å²) in [7, 11) is 0. The predicted octanol–water partition coefficient (Wildman–Crippen LogP) is 1.06. The number of hydrogen-bond acceptors (Lipinski definition) is 4. The molecule has 0 fully saturated rings. The topological polar surface area (TPSA) is 75.7 Å². The second-order valence-corrected chi connectivity index (χ2v) is 3.95. The number of phenolic OH excluding ortho intramolecular Hbond substituents is 2. The van der Waals surface area contributed by atoms with Gasteiger partial charge in [-0.25, -0.2) is 0 Å². The minimum Gasteiger partial charge on any atom is -0.504 e. The van der Waals surface area contributed by atoms with E-state index in [1.807, 2.05) is 0 Å². The van der Waals surface area contributed by atoms with Crippen LogP contribution in [0.5, 0.6) is 11.5 Å². The Labute approximate surface area is 100 Å². The summed E-state index contributed by atoms with van der Waals surface area (Å²) in [5, 5.41) is 19.3. The number of fused-ring (bicyclic) bond motifs is 1. The van der Waals surface area contributed by atoms with Gasteiger partial charge in [-0.1, -0.05) is 12.0 Å². The fourth-order valence-corrected chi connectivity index (χ4v) is 2.09. The molecule has 0 bridgehead atoms. The number of aromatic hydroxyl groups is 2. The van der Waals surface area contributed by atoms with E-state index in [9.17, 15) is 10.2 Å². The molecule has 1 heterocycles. The van der Waals surface area contributed by atoms with Gasteiger partial charge in [-0.15, -0.1) is 5.92 Å². The van der Waals surface area contributed by atoms with Crippen LogP contribution in [0.25, 0.3) is 0 Å². The molecule has 1 aromatic carbocycles. The fourth-order valence-electron chi connectivity index (χ4n) is 2.09. The van der Waals surface area contributed by atoms with Gasteiger partial charge in [0.05, 0.1) is 6.10 Å². The summed E-state index contributed by atoms with van der Waals surface area (Å²) >= 11 is 0. The molecule has 4 heteroatoms. The monoisotopic (exact) mass is 233 g/mol. The number of benzene rings is 1. The molecule has 17 heavy (non-hydrogen) atoms. The average molecular weight is 233 g/mol. The SMILES string of the molecule is CC#CC1Cc2c(ccc(O)c2O)C(CN)O1. The Balaban J connectivity index is 2.46. The predicted molar refractivity (Wildman–Crippen MR) is 63.6 cm³/mol. The molecule has 90 valence electrons. The van der Waals surface area contributed by atoms with Gasteiger partial charge < -0.3 is 20.7 Å². The molecule has 1 aliphatic heterocycles. The Morgan fingerprint density at radius 1 is 1.47 bits per heavy atom. The lowest BCUT2D eigenvalue weighted by Crippen LogP contribution is -2.29. The highest BCUT2D eigenvalue weighted by Gasteiger charge is 2.28. The van der Waals surface area contributed by atoms with Crippen LogP contribution < -0.4 is 5.73 Å². The Hall–Kier alpha value is -1.70. The molecule has 1 aromatic rings. The summed E-state index contributed by atoms with van der Waals surface area (Å²) in [4.78, 5) is 0. The van der Waals surface area contributed by atoms with Crippen molar-refractivity contribution in [2.45, 2.75) is 25.6 Å². The molecule has 4 nitrogen and oxygen atoms in total. The Kier molecular flexibility index (Phi) is 3.23. The van der Waals surface area contributed by atoms with Gasteiger partial charge in [0, 0.05) is 18.5 Å². The number of phenols is 2. The maximum Gasteiger partial charge on any atom is 0.161 e. The van der Waals surface area contributed by atoms with Gasteiger partial charge in [0.1, 0.15) is 6.10 Å². The molecule has 0 aromatic heterocycles. The molecular weight excluding hydrogens is 218 g/mol. The zero-order valence-corrected chi connectivity index (χ0v) is 9.60. The lowest BCUT2D eigenvalue weighted by Gasteiger charge is -2.29. The van der Waals surface area contributed by atoms with E-state index < -0.39 is 0 Å². The van der Waals surface area contributed by atoms with Gasteiger partial charge in [0.25, 0.3) is 0 Å². The molecule has 1 aliphatic rings. The van der Waals surface area contributed by atoms with Crippen LogP contribution in [-0.4, -0.2) is 22.9 Å². The standard InChI is InChI=1S/C13H15NO3/c1-2-3-8-6-10-9(12(7-14)17-8)4-5-11(15)13(10)16/h4-5,8,12,15-16H,6-7,14H2,1H3. The van der Waals surface area contributed by atoms with Crippen LogP contribution in [0.2, 0.25) is 0 Å². The van der Waals surface area contributed by atoms with Crippen LogP contribution in [0.3, 0.4) is 0 Å². The molecule has 0 saturated carbocycles. The molecule has 2 unspecified atom stereocenters. The van der Waals surface area contributed by atoms with Crippen molar-refractivity contribution in [1.29, 1.82) is 0 Å². The quantitative estimate of drug-likeness (QED) is 0.501. The van der Waals surface area contributed by atoms with Crippen LogP contribution in [0.4, 0.5) is 0 Å². The van der Waals surface area contributed by atoms with Crippen molar-refractivity contribution in [3.05, 3.63) is 23.3 Å². The van der Waals surface area contributed by atoms with Gasteiger partial charge in [-0.05, 0) is 18.6 Å². The molecule has 0 saturated heterocycles. The van der Waals surface area contributed by atoms with Crippen molar-refractivity contribution in [1.82, 2.24) is 0 Å². The molecule has 2 atom stereocenters. The van der Waals surface area contributed by atoms with E-state index in [4.69, 9.17) is 10.5 Å². The second kappa shape index (κ2) is 4.66. The van der Waals surface area contributed by atoms with E-state index in [1.165, 1.54) is 6.07 Å². The third-order valence-corrected chi connectivity index (χ3v) is 2.88. The molecule has 0 spiro atoms. The van der Waals surface area contributed by atoms with Crippen LogP contribution in [0.15, 0.2) is 12.1 Å². The van der Waals surface area contributed by atoms with Crippen molar-refractivity contribution < 1.29 is 14.9 Å². The normalized spacial score (nSPS) is 22.5. The van der Waals surface area contributed by atoms with Gasteiger partial charge in [0.15, 0.2) is 11.5 Å². The highest BCUT2D eigenvalue weighted by molar-refractivity contribution is 5.51. The minimum atomic E-state index is -0.284. The first kappa shape index (κ1) is 11.8. The Bertz CT molecular complexity index is 487. The fraction of sp³-hybridized carbons (Fsp3) is 0.385. The molecule has 4 N–H and O–H groups in total. The third kappa shape index (κ3) is 2.07. The zero-order chi connectivity index (χ0) is 12.4. The highest BCUT2D eigenvalue weighted by Crippen LogP contribution is 2.39. The van der Waals surface area contributed by atoms with Gasteiger partial charge in [-0.3, -0.25) is 0 Å². The molecule has 0 radical (unpaired) electrons. The van der Waals surface area contributed by atoms with Gasteiger partial charge in [-0.2, -0.15) is 0 Å². The van der Waals surface area contributed by atoms with E-state index in [0.717, 1.165) is 5.56 Å². The Morgan fingerprint density at radius 3 is 2.88 bits per heavy atom. The number of nitrogens with two attached hydrogens (primary N) is 1. The van der Waals surface area contributed by atoms with E-state index >= 15 is 0 Å². The summed E-state index contributed by atoms with van der Waals surface area (Å²) in [6.07, 6.45) is -0.0998. The molecule has 0 aliphatic carbocycles. The average Bonchev–Trinajstić information content (AvgIpc) is 2.34. The van der Waals surface area contributed by atoms with E-state index in [0.29, 0.717) is 18.5 Å². The van der Waals surface area contributed by atoms with E-state index in [1.54, 1.807) is 13.0 Å². The minimum absolute atomic E-state index is 0.0906. The summed E-state index contributed by atoms with van der Waals surface area (Å²) < 4.78 is 5.71. The third-order valence-electron chi connectivity index (χ3n) is 2.88. The largest absolute Gasteiger partial charge is 0.504 e. The van der Waals surface area contributed by atoms with Crippen LogP contribution in [0.1, 0.15) is 24.2 Å². The Morgan fingerprint density at radius 2 is 2.24 bits per heavy atom. The van der Waals surface area contributed by atoms with Crippen LogP contribution in [0, 0.1) is 11.8 Å². The van der Waals surface area contributed by atoms with Gasteiger partial charge >= 0.3 is 0 Å². The molecular formula is C13H15NO3. The first-order valence-electron chi connectivity index (χ1n) is 5.48. The number of hydrogen-bond donors (Lipinski definition) is 3. The van der Waals surface area contributed by atoms with E-state index in [2.05, 4.69) is 11.8 Å². The van der Waals surface area contributed by atoms with Crippen molar-refractivity contribution in [2.75, 3.05) is 6.54 Å². The summed E-state index contributed by atoms with van der Waals surface area (Å²) in [6.45, 7) is 2.05. The maximum absolute atomic E-state index is 9.85. The first-order chi connectivity index (χ1) is 8.17. The van der Waals surface area contributed by atoms with Crippen LogP contribution in [-0.2, 0) is 11.2 Å². The number of rotatable bonds is 1. The molecule has 0 amide bonds. The second-order valence-electron chi connectivity index (χ2n) is 3.95. The zero-order valence-electron chi connectivity index (χ0n) is 9.60. The van der Waals surface area contributed by atoms with Crippen molar-refractivity contribution >= 4 is 0 Å². The lowest BCUT2D eigenvalue weighted by molar-refractivity contribution is 0.00967.